The molecule has 1 aromatic carbocycles. The first-order valence-corrected chi connectivity index (χ1v) is 7.95. The van der Waals surface area contributed by atoms with E-state index in [-0.39, 0.29) is 5.56 Å². The molecule has 104 valence electrons. The van der Waals surface area contributed by atoms with Gasteiger partial charge in [-0.3, -0.25) is 4.79 Å². The molecule has 1 atom stereocenters. The average Bonchev–Trinajstić information content (AvgIpc) is 2.49. The number of hydrogen-bond acceptors (Lipinski definition) is 3. The molecule has 0 bridgehead atoms. The number of hydrogen-bond donors (Lipinski definition) is 1. The molecule has 1 unspecified atom stereocenters. The van der Waals surface area contributed by atoms with Crippen molar-refractivity contribution in [2.45, 2.75) is 30.8 Å². The van der Waals surface area contributed by atoms with E-state index in [1.165, 1.54) is 10.5 Å². The van der Waals surface area contributed by atoms with E-state index in [2.05, 4.69) is 29.6 Å². The fraction of sp³-hybridized carbons (Fsp3) is 0.312. The summed E-state index contributed by atoms with van der Waals surface area (Å²) >= 11 is 1.92. The topological polar surface area (TPSA) is 34.0 Å². The van der Waals surface area contributed by atoms with E-state index in [4.69, 9.17) is 0 Å². The summed E-state index contributed by atoms with van der Waals surface area (Å²) in [4.78, 5) is 13.0. The van der Waals surface area contributed by atoms with Gasteiger partial charge in [-0.05, 0) is 31.0 Å². The van der Waals surface area contributed by atoms with Gasteiger partial charge < -0.3 is 9.88 Å². The first kappa shape index (κ1) is 13.3. The van der Waals surface area contributed by atoms with Crippen molar-refractivity contribution in [2.24, 2.45) is 0 Å². The summed E-state index contributed by atoms with van der Waals surface area (Å²) in [6.07, 6.45) is 3.01. The Morgan fingerprint density at radius 3 is 3.00 bits per heavy atom. The molecule has 1 aliphatic heterocycles. The second-order valence-corrected chi connectivity index (χ2v) is 6.05. The summed E-state index contributed by atoms with van der Waals surface area (Å²) in [7, 11) is 0. The minimum Gasteiger partial charge on any atom is -0.377 e. The number of thioether (sulfide) groups is 1. The first-order chi connectivity index (χ1) is 9.78. The average molecular weight is 286 g/mol. The van der Waals surface area contributed by atoms with Crippen LogP contribution in [0.5, 0.6) is 0 Å². The normalized spacial score (nSPS) is 17.6. The molecule has 1 aliphatic rings. The molecule has 0 amide bonds. The maximum absolute atomic E-state index is 11.6. The van der Waals surface area contributed by atoms with Crippen LogP contribution in [0.3, 0.4) is 0 Å². The van der Waals surface area contributed by atoms with E-state index in [9.17, 15) is 4.79 Å². The Kier molecular flexibility index (Phi) is 3.83. The van der Waals surface area contributed by atoms with Crippen LogP contribution in [0.1, 0.15) is 24.9 Å². The van der Waals surface area contributed by atoms with Gasteiger partial charge in [-0.1, -0.05) is 18.2 Å². The van der Waals surface area contributed by atoms with Crippen LogP contribution in [-0.4, -0.2) is 10.3 Å². The number of pyridine rings is 1. The van der Waals surface area contributed by atoms with Crippen molar-refractivity contribution in [3.8, 4) is 0 Å². The monoisotopic (exact) mass is 286 g/mol. The zero-order valence-corrected chi connectivity index (χ0v) is 12.3. The number of aromatic nitrogens is 1. The van der Waals surface area contributed by atoms with Gasteiger partial charge in [0.25, 0.3) is 5.56 Å². The number of benzene rings is 1. The third-order valence-corrected chi connectivity index (χ3v) is 4.75. The Morgan fingerprint density at radius 2 is 2.15 bits per heavy atom. The third kappa shape index (κ3) is 2.61. The Bertz CT molecular complexity index is 666. The smallest absolute Gasteiger partial charge is 0.250 e. The molecule has 1 N–H and O–H groups in total. The van der Waals surface area contributed by atoms with Crippen LogP contribution in [0.2, 0.25) is 0 Å². The summed E-state index contributed by atoms with van der Waals surface area (Å²) in [5.74, 6) is 1.13. The molecule has 2 heterocycles. The van der Waals surface area contributed by atoms with Gasteiger partial charge >= 0.3 is 0 Å². The van der Waals surface area contributed by atoms with E-state index < -0.39 is 0 Å². The zero-order chi connectivity index (χ0) is 13.9. The van der Waals surface area contributed by atoms with Gasteiger partial charge in [-0.2, -0.15) is 0 Å². The molecule has 0 spiro atoms. The number of nitrogens with zero attached hydrogens (tertiary/aromatic N) is 1. The van der Waals surface area contributed by atoms with Gasteiger partial charge in [0.15, 0.2) is 0 Å². The summed E-state index contributed by atoms with van der Waals surface area (Å²) in [6.45, 7) is 2.68. The van der Waals surface area contributed by atoms with Gasteiger partial charge in [0.05, 0.1) is 11.7 Å². The highest BCUT2D eigenvalue weighted by Crippen LogP contribution is 2.37. The van der Waals surface area contributed by atoms with Crippen molar-refractivity contribution in [1.82, 2.24) is 4.57 Å². The fourth-order valence-electron chi connectivity index (χ4n) is 2.56. The minimum absolute atomic E-state index is 0.0534. The Hall–Kier alpha value is -1.68. The molecule has 3 nitrogen and oxygen atoms in total. The second kappa shape index (κ2) is 5.75. The largest absolute Gasteiger partial charge is 0.377 e. The van der Waals surface area contributed by atoms with Gasteiger partial charge in [0.1, 0.15) is 0 Å². The molecular formula is C16H18N2OS. The number of anilines is 1. The van der Waals surface area contributed by atoms with Gasteiger partial charge in [0.2, 0.25) is 0 Å². The molecule has 0 fully saturated rings. The van der Waals surface area contributed by atoms with Crippen LogP contribution >= 0.6 is 11.8 Å². The lowest BCUT2D eigenvalue weighted by molar-refractivity contribution is 0.707. The van der Waals surface area contributed by atoms with Gasteiger partial charge in [-0.25, -0.2) is 0 Å². The van der Waals surface area contributed by atoms with E-state index in [1.54, 1.807) is 10.6 Å². The minimum atomic E-state index is 0.0534. The van der Waals surface area contributed by atoms with E-state index in [0.29, 0.717) is 12.6 Å². The van der Waals surface area contributed by atoms with Crippen molar-refractivity contribution in [1.29, 1.82) is 0 Å². The summed E-state index contributed by atoms with van der Waals surface area (Å²) in [5, 5.41) is 3.57. The standard InChI is InChI=1S/C16H18N2OS/c1-2-18-11-12(7-8-16(18)19)17-14-9-10-20-15-6-4-3-5-13(14)15/h3-8,11,14,17H,2,9-10H2,1H3. The van der Waals surface area contributed by atoms with E-state index in [0.717, 1.165) is 17.9 Å². The van der Waals surface area contributed by atoms with Crippen molar-refractivity contribution in [2.75, 3.05) is 11.1 Å². The lowest BCUT2D eigenvalue weighted by Gasteiger charge is -2.26. The van der Waals surface area contributed by atoms with Gasteiger partial charge in [0, 0.05) is 29.5 Å². The predicted octanol–water partition coefficient (Wildman–Crippen LogP) is 3.52. The van der Waals surface area contributed by atoms with Crippen LogP contribution in [-0.2, 0) is 6.54 Å². The SMILES string of the molecule is CCn1cc(NC2CCSc3ccccc32)ccc1=O. The van der Waals surface area contributed by atoms with Crippen molar-refractivity contribution >= 4 is 17.4 Å². The molecule has 0 saturated carbocycles. The van der Waals surface area contributed by atoms with Crippen LogP contribution in [0.4, 0.5) is 5.69 Å². The van der Waals surface area contributed by atoms with Crippen LogP contribution in [0.15, 0.2) is 52.3 Å². The molecule has 0 radical (unpaired) electrons. The number of nitrogens with one attached hydrogen (secondary N) is 1. The van der Waals surface area contributed by atoms with Crippen LogP contribution in [0, 0.1) is 0 Å². The molecule has 0 aliphatic carbocycles. The molecule has 20 heavy (non-hydrogen) atoms. The van der Waals surface area contributed by atoms with Crippen LogP contribution < -0.4 is 10.9 Å². The Labute approximate surface area is 123 Å². The zero-order valence-electron chi connectivity index (χ0n) is 11.5. The molecule has 0 saturated heterocycles. The lowest BCUT2D eigenvalue weighted by Crippen LogP contribution is -2.20. The highest BCUT2D eigenvalue weighted by atomic mass is 32.2. The van der Waals surface area contributed by atoms with E-state index in [1.807, 2.05) is 30.9 Å². The number of rotatable bonds is 3. The van der Waals surface area contributed by atoms with Gasteiger partial charge in [-0.15, -0.1) is 11.8 Å². The maximum atomic E-state index is 11.6. The predicted molar refractivity (Wildman–Crippen MR) is 84.5 cm³/mol. The maximum Gasteiger partial charge on any atom is 0.250 e. The Morgan fingerprint density at radius 1 is 1.30 bits per heavy atom. The number of aryl methyl sites for hydroxylation is 1. The fourth-order valence-corrected chi connectivity index (χ4v) is 3.68. The third-order valence-electron chi connectivity index (χ3n) is 3.62. The van der Waals surface area contributed by atoms with Crippen molar-refractivity contribution < 1.29 is 0 Å². The molecule has 3 rings (SSSR count). The Balaban J connectivity index is 1.87. The molecule has 4 heteroatoms. The highest BCUT2D eigenvalue weighted by Gasteiger charge is 2.20. The van der Waals surface area contributed by atoms with Crippen molar-refractivity contribution in [3.63, 3.8) is 0 Å². The summed E-state index contributed by atoms with van der Waals surface area (Å²) in [6, 6.07) is 12.4. The van der Waals surface area contributed by atoms with Crippen molar-refractivity contribution in [3.05, 3.63) is 58.5 Å². The molecular weight excluding hydrogens is 268 g/mol. The highest BCUT2D eigenvalue weighted by molar-refractivity contribution is 7.99. The molecule has 1 aromatic heterocycles. The van der Waals surface area contributed by atoms with Crippen LogP contribution in [0.25, 0.3) is 0 Å². The number of fused-ring (bicyclic) bond motifs is 1. The molecule has 2 aromatic rings. The second-order valence-electron chi connectivity index (χ2n) is 4.91. The van der Waals surface area contributed by atoms with E-state index >= 15 is 0 Å². The quantitative estimate of drug-likeness (QED) is 0.937. The summed E-state index contributed by atoms with van der Waals surface area (Å²) < 4.78 is 1.73. The summed E-state index contributed by atoms with van der Waals surface area (Å²) in [5.41, 5.74) is 2.42. The lowest BCUT2D eigenvalue weighted by atomic mass is 10.0. The first-order valence-electron chi connectivity index (χ1n) is 6.96.